The lowest BCUT2D eigenvalue weighted by Gasteiger charge is -2.09. The molecule has 6 heteroatoms. The number of rotatable bonds is 4. The summed E-state index contributed by atoms with van der Waals surface area (Å²) in [4.78, 5) is 8.71. The van der Waals surface area contributed by atoms with Gasteiger partial charge in [-0.3, -0.25) is 9.97 Å². The molecule has 0 atom stereocenters. The van der Waals surface area contributed by atoms with E-state index in [4.69, 9.17) is 0 Å². The standard InChI is InChI=1S/C21H18N6/c1-14-9-17(20-5-3-4-8-23-20)10-15(2)19(14)7-6-16-11-18(13-22-12-16)21-24-26-27-25-21/h3-13H,1-2H3,(H,24,25,26,27)/b7-6+. The molecule has 4 rings (SSSR count). The van der Waals surface area contributed by atoms with Gasteiger partial charge in [0.2, 0.25) is 5.82 Å². The minimum absolute atomic E-state index is 0.532. The van der Waals surface area contributed by atoms with Gasteiger partial charge in [0.15, 0.2) is 0 Å². The summed E-state index contributed by atoms with van der Waals surface area (Å²) >= 11 is 0. The second-order valence-electron chi connectivity index (χ2n) is 6.31. The number of aromatic nitrogens is 6. The van der Waals surface area contributed by atoms with Crippen molar-refractivity contribution >= 4 is 12.2 Å². The molecule has 132 valence electrons. The van der Waals surface area contributed by atoms with Crippen LogP contribution in [0, 0.1) is 13.8 Å². The smallest absolute Gasteiger partial charge is 0.206 e. The highest BCUT2D eigenvalue weighted by Crippen LogP contribution is 2.25. The van der Waals surface area contributed by atoms with E-state index >= 15 is 0 Å². The van der Waals surface area contributed by atoms with Gasteiger partial charge < -0.3 is 0 Å². The van der Waals surface area contributed by atoms with Crippen LogP contribution >= 0.6 is 0 Å². The predicted molar refractivity (Wildman–Crippen MR) is 105 cm³/mol. The minimum atomic E-state index is 0.532. The van der Waals surface area contributed by atoms with Crippen molar-refractivity contribution < 1.29 is 0 Å². The van der Waals surface area contributed by atoms with Crippen LogP contribution in [0.5, 0.6) is 0 Å². The van der Waals surface area contributed by atoms with Crippen molar-refractivity contribution in [3.05, 3.63) is 77.2 Å². The van der Waals surface area contributed by atoms with Crippen molar-refractivity contribution in [2.24, 2.45) is 0 Å². The fourth-order valence-corrected chi connectivity index (χ4v) is 3.05. The Morgan fingerprint density at radius 1 is 0.926 bits per heavy atom. The largest absolute Gasteiger partial charge is 0.263 e. The van der Waals surface area contributed by atoms with Crippen molar-refractivity contribution in [1.29, 1.82) is 0 Å². The first-order chi connectivity index (χ1) is 13.2. The van der Waals surface area contributed by atoms with Gasteiger partial charge in [-0.15, -0.1) is 10.2 Å². The number of aromatic amines is 1. The van der Waals surface area contributed by atoms with Crippen LogP contribution in [-0.4, -0.2) is 30.6 Å². The summed E-state index contributed by atoms with van der Waals surface area (Å²) < 4.78 is 0. The van der Waals surface area contributed by atoms with Gasteiger partial charge in [0.1, 0.15) is 0 Å². The number of nitrogens with zero attached hydrogens (tertiary/aromatic N) is 5. The van der Waals surface area contributed by atoms with Crippen LogP contribution in [0.25, 0.3) is 34.8 Å². The van der Waals surface area contributed by atoms with E-state index in [1.807, 2.05) is 42.7 Å². The molecule has 1 aromatic carbocycles. The number of pyridine rings is 2. The van der Waals surface area contributed by atoms with Gasteiger partial charge in [0.05, 0.1) is 5.69 Å². The van der Waals surface area contributed by atoms with Crippen LogP contribution in [0.4, 0.5) is 0 Å². The molecule has 4 aromatic rings. The number of benzene rings is 1. The number of nitrogens with one attached hydrogen (secondary N) is 1. The van der Waals surface area contributed by atoms with E-state index in [0.717, 1.165) is 22.4 Å². The molecule has 0 aliphatic heterocycles. The van der Waals surface area contributed by atoms with Crippen molar-refractivity contribution in [2.75, 3.05) is 0 Å². The third-order valence-electron chi connectivity index (χ3n) is 4.36. The molecule has 0 fully saturated rings. The van der Waals surface area contributed by atoms with Crippen LogP contribution in [0.2, 0.25) is 0 Å². The molecule has 0 aliphatic carbocycles. The topological polar surface area (TPSA) is 80.2 Å². The summed E-state index contributed by atoms with van der Waals surface area (Å²) in [7, 11) is 0. The lowest BCUT2D eigenvalue weighted by molar-refractivity contribution is 0.881. The maximum absolute atomic E-state index is 4.44. The van der Waals surface area contributed by atoms with Crippen LogP contribution in [-0.2, 0) is 0 Å². The molecule has 0 aliphatic rings. The fraction of sp³-hybridized carbons (Fsp3) is 0.0952. The summed E-state index contributed by atoms with van der Waals surface area (Å²) in [6.45, 7) is 4.24. The zero-order valence-electron chi connectivity index (χ0n) is 15.1. The van der Waals surface area contributed by atoms with Gasteiger partial charge in [-0.1, -0.05) is 18.2 Å². The molecular formula is C21H18N6. The third-order valence-corrected chi connectivity index (χ3v) is 4.36. The highest BCUT2D eigenvalue weighted by atomic mass is 15.5. The summed E-state index contributed by atoms with van der Waals surface area (Å²) in [5.74, 6) is 0.532. The first-order valence-corrected chi connectivity index (χ1v) is 8.60. The maximum Gasteiger partial charge on any atom is 0.206 e. The monoisotopic (exact) mass is 354 g/mol. The SMILES string of the molecule is Cc1cc(-c2ccccn2)cc(C)c1/C=C/c1cncc(-c2nn[nH]n2)c1. The van der Waals surface area contributed by atoms with Gasteiger partial charge in [-0.25, -0.2) is 0 Å². The molecule has 0 saturated carbocycles. The molecule has 1 N–H and O–H groups in total. The molecule has 0 spiro atoms. The van der Waals surface area contributed by atoms with Gasteiger partial charge in [-0.05, 0) is 71.6 Å². The Balaban J connectivity index is 1.64. The van der Waals surface area contributed by atoms with Gasteiger partial charge in [-0.2, -0.15) is 5.21 Å². The number of H-pyrrole nitrogens is 1. The Bertz CT molecular complexity index is 1060. The Morgan fingerprint density at radius 3 is 2.48 bits per heavy atom. The Hall–Kier alpha value is -3.67. The molecule has 0 radical (unpaired) electrons. The van der Waals surface area contributed by atoms with Crippen LogP contribution in [0.15, 0.2) is 55.0 Å². The number of hydrogen-bond donors (Lipinski definition) is 1. The van der Waals surface area contributed by atoms with Crippen LogP contribution in [0.3, 0.4) is 0 Å². The zero-order valence-corrected chi connectivity index (χ0v) is 15.1. The Kier molecular flexibility index (Phi) is 4.53. The first kappa shape index (κ1) is 16.8. The van der Waals surface area contributed by atoms with E-state index in [1.54, 1.807) is 6.20 Å². The average Bonchev–Trinajstić information content (AvgIpc) is 3.23. The molecule has 3 aromatic heterocycles. The van der Waals surface area contributed by atoms with Gasteiger partial charge in [0.25, 0.3) is 0 Å². The van der Waals surface area contributed by atoms with Crippen LogP contribution < -0.4 is 0 Å². The van der Waals surface area contributed by atoms with Gasteiger partial charge in [0, 0.05) is 29.7 Å². The van der Waals surface area contributed by atoms with Crippen LogP contribution in [0.1, 0.15) is 22.3 Å². The quantitative estimate of drug-likeness (QED) is 0.596. The third kappa shape index (κ3) is 3.64. The maximum atomic E-state index is 4.44. The number of tetrazole rings is 1. The van der Waals surface area contributed by atoms with Crippen molar-refractivity contribution in [2.45, 2.75) is 13.8 Å². The van der Waals surface area contributed by atoms with E-state index in [1.165, 1.54) is 16.7 Å². The van der Waals surface area contributed by atoms with E-state index in [-0.39, 0.29) is 0 Å². The Morgan fingerprint density at radius 2 is 1.78 bits per heavy atom. The van der Waals surface area contributed by atoms with E-state index < -0.39 is 0 Å². The zero-order chi connectivity index (χ0) is 18.6. The molecule has 0 unspecified atom stereocenters. The molecule has 6 nitrogen and oxygen atoms in total. The Labute approximate surface area is 157 Å². The minimum Gasteiger partial charge on any atom is -0.263 e. The lowest BCUT2D eigenvalue weighted by Crippen LogP contribution is -1.91. The highest BCUT2D eigenvalue weighted by molar-refractivity contribution is 5.76. The summed E-state index contributed by atoms with van der Waals surface area (Å²) in [5.41, 5.74) is 7.51. The van der Waals surface area contributed by atoms with E-state index in [2.05, 4.69) is 62.6 Å². The number of hydrogen-bond acceptors (Lipinski definition) is 5. The number of aryl methyl sites for hydroxylation is 2. The molecule has 3 heterocycles. The fourth-order valence-electron chi connectivity index (χ4n) is 3.05. The average molecular weight is 354 g/mol. The molecule has 0 saturated heterocycles. The van der Waals surface area contributed by atoms with Crippen molar-refractivity contribution in [1.82, 2.24) is 30.6 Å². The molecular weight excluding hydrogens is 336 g/mol. The normalized spacial score (nSPS) is 11.2. The second-order valence-corrected chi connectivity index (χ2v) is 6.31. The van der Waals surface area contributed by atoms with E-state index in [0.29, 0.717) is 5.82 Å². The summed E-state index contributed by atoms with van der Waals surface area (Å²) in [6.07, 6.45) is 9.52. The predicted octanol–water partition coefficient (Wildman–Crippen LogP) is 4.11. The summed E-state index contributed by atoms with van der Waals surface area (Å²) in [6, 6.07) is 12.3. The van der Waals surface area contributed by atoms with E-state index in [9.17, 15) is 0 Å². The summed E-state index contributed by atoms with van der Waals surface area (Å²) in [5, 5.41) is 14.0. The first-order valence-electron chi connectivity index (χ1n) is 8.60. The lowest BCUT2D eigenvalue weighted by atomic mass is 9.97. The molecule has 0 bridgehead atoms. The van der Waals surface area contributed by atoms with Crippen molar-refractivity contribution in [3.8, 4) is 22.6 Å². The second kappa shape index (κ2) is 7.29. The van der Waals surface area contributed by atoms with Crippen molar-refractivity contribution in [3.63, 3.8) is 0 Å². The van der Waals surface area contributed by atoms with Gasteiger partial charge >= 0.3 is 0 Å². The highest BCUT2D eigenvalue weighted by Gasteiger charge is 2.06. The molecule has 0 amide bonds. The molecule has 27 heavy (non-hydrogen) atoms.